The van der Waals surface area contributed by atoms with Gasteiger partial charge in [0.05, 0.1) is 17.5 Å². The highest BCUT2D eigenvalue weighted by molar-refractivity contribution is 5.92. The SMILES string of the molecule is Cn1c2ccccc2c(=O)c2c(=O)n(-c3ccc(F)cc3)c(-c3ccco3)nc21. The first kappa shape index (κ1) is 17.1. The number of pyridine rings is 1. The number of hydrogen-bond acceptors (Lipinski definition) is 4. The largest absolute Gasteiger partial charge is 0.461 e. The molecule has 0 saturated heterocycles. The molecule has 0 N–H and O–H groups in total. The summed E-state index contributed by atoms with van der Waals surface area (Å²) in [6, 6.07) is 15.8. The Morgan fingerprint density at radius 3 is 2.45 bits per heavy atom. The molecule has 3 aromatic heterocycles. The van der Waals surface area contributed by atoms with Gasteiger partial charge in [-0.25, -0.2) is 9.37 Å². The number of hydrogen-bond donors (Lipinski definition) is 0. The van der Waals surface area contributed by atoms with Crippen molar-refractivity contribution < 1.29 is 8.81 Å². The molecule has 0 atom stereocenters. The van der Waals surface area contributed by atoms with Crippen molar-refractivity contribution in [1.82, 2.24) is 14.1 Å². The summed E-state index contributed by atoms with van der Waals surface area (Å²) in [4.78, 5) is 31.3. The van der Waals surface area contributed by atoms with Crippen LogP contribution in [0.4, 0.5) is 4.39 Å². The summed E-state index contributed by atoms with van der Waals surface area (Å²) in [5.41, 5.74) is 0.366. The first-order valence-corrected chi connectivity index (χ1v) is 8.90. The number of benzene rings is 2. The second-order valence-electron chi connectivity index (χ2n) is 6.63. The highest BCUT2D eigenvalue weighted by Crippen LogP contribution is 2.23. The molecule has 0 amide bonds. The van der Waals surface area contributed by atoms with Gasteiger partial charge in [-0.1, -0.05) is 12.1 Å². The predicted octanol–water partition coefficient (Wildman–Crippen LogP) is 3.64. The monoisotopic (exact) mass is 387 g/mol. The number of aromatic nitrogens is 3. The van der Waals surface area contributed by atoms with Crippen molar-refractivity contribution in [1.29, 1.82) is 0 Å². The van der Waals surface area contributed by atoms with Gasteiger partial charge < -0.3 is 8.98 Å². The normalized spacial score (nSPS) is 11.4. The van der Waals surface area contributed by atoms with E-state index in [0.29, 0.717) is 22.4 Å². The third-order valence-corrected chi connectivity index (χ3v) is 4.95. The van der Waals surface area contributed by atoms with Gasteiger partial charge in [-0.05, 0) is 48.5 Å². The minimum Gasteiger partial charge on any atom is -0.461 e. The molecular formula is C22H14FN3O3. The van der Waals surface area contributed by atoms with Crippen molar-refractivity contribution in [2.24, 2.45) is 7.05 Å². The number of aryl methyl sites for hydroxylation is 1. The second kappa shape index (κ2) is 6.27. The fourth-order valence-corrected chi connectivity index (χ4v) is 3.56. The molecular weight excluding hydrogens is 373 g/mol. The molecule has 0 radical (unpaired) electrons. The number of halogens is 1. The van der Waals surface area contributed by atoms with Gasteiger partial charge in [0.25, 0.3) is 5.56 Å². The van der Waals surface area contributed by atoms with Gasteiger partial charge in [0.15, 0.2) is 17.2 Å². The molecule has 0 spiro atoms. The lowest BCUT2D eigenvalue weighted by Crippen LogP contribution is -2.28. The zero-order valence-electron chi connectivity index (χ0n) is 15.3. The second-order valence-corrected chi connectivity index (χ2v) is 6.63. The number of furan rings is 1. The zero-order valence-corrected chi connectivity index (χ0v) is 15.3. The minimum absolute atomic E-state index is 0.0363. The van der Waals surface area contributed by atoms with E-state index < -0.39 is 16.8 Å². The summed E-state index contributed by atoms with van der Waals surface area (Å²) in [5, 5.41) is 0.392. The van der Waals surface area contributed by atoms with Crippen LogP contribution in [-0.4, -0.2) is 14.1 Å². The van der Waals surface area contributed by atoms with E-state index in [1.165, 1.54) is 35.1 Å². The van der Waals surface area contributed by atoms with Crippen molar-refractivity contribution in [3.8, 4) is 17.3 Å². The van der Waals surface area contributed by atoms with Crippen LogP contribution in [-0.2, 0) is 7.05 Å². The average Bonchev–Trinajstić information content (AvgIpc) is 3.27. The average molecular weight is 387 g/mol. The Morgan fingerprint density at radius 1 is 0.966 bits per heavy atom. The zero-order chi connectivity index (χ0) is 20.1. The Kier molecular flexibility index (Phi) is 3.70. The Balaban J connectivity index is 2.01. The van der Waals surface area contributed by atoms with Crippen LogP contribution in [0.3, 0.4) is 0 Å². The minimum atomic E-state index is -0.542. The lowest BCUT2D eigenvalue weighted by Gasteiger charge is -2.15. The van der Waals surface area contributed by atoms with E-state index in [1.54, 1.807) is 41.9 Å². The van der Waals surface area contributed by atoms with Crippen molar-refractivity contribution in [2.75, 3.05) is 0 Å². The molecule has 0 fully saturated rings. The van der Waals surface area contributed by atoms with Gasteiger partial charge in [-0.15, -0.1) is 0 Å². The number of rotatable bonds is 2. The Hall–Kier alpha value is -4.00. The lowest BCUT2D eigenvalue weighted by molar-refractivity contribution is 0.574. The van der Waals surface area contributed by atoms with Crippen LogP contribution >= 0.6 is 0 Å². The van der Waals surface area contributed by atoms with Crippen LogP contribution in [0.15, 0.2) is 80.9 Å². The van der Waals surface area contributed by atoms with E-state index >= 15 is 0 Å². The van der Waals surface area contributed by atoms with E-state index in [-0.39, 0.29) is 16.9 Å². The van der Waals surface area contributed by atoms with Gasteiger partial charge >= 0.3 is 0 Å². The van der Waals surface area contributed by atoms with Crippen molar-refractivity contribution in [2.45, 2.75) is 0 Å². The van der Waals surface area contributed by atoms with Gasteiger partial charge in [0.1, 0.15) is 11.2 Å². The van der Waals surface area contributed by atoms with Crippen LogP contribution in [0.5, 0.6) is 0 Å². The van der Waals surface area contributed by atoms with Gasteiger partial charge in [0.2, 0.25) is 5.43 Å². The number of para-hydroxylation sites is 1. The maximum atomic E-state index is 13.5. The molecule has 29 heavy (non-hydrogen) atoms. The molecule has 0 aliphatic heterocycles. The molecule has 7 heteroatoms. The Labute approximate surface area is 163 Å². The summed E-state index contributed by atoms with van der Waals surface area (Å²) < 4.78 is 21.9. The molecule has 0 aliphatic carbocycles. The van der Waals surface area contributed by atoms with Gasteiger partial charge in [-0.2, -0.15) is 0 Å². The molecule has 0 saturated carbocycles. The molecule has 5 rings (SSSR count). The number of nitrogens with zero attached hydrogens (tertiary/aromatic N) is 3. The summed E-state index contributed by atoms with van der Waals surface area (Å²) in [6.07, 6.45) is 1.47. The van der Waals surface area contributed by atoms with Crippen LogP contribution in [0.25, 0.3) is 39.2 Å². The molecule has 5 aromatic rings. The quantitative estimate of drug-likeness (QED) is 0.434. The predicted molar refractivity (Wildman–Crippen MR) is 108 cm³/mol. The fraction of sp³-hybridized carbons (Fsp3) is 0.0455. The van der Waals surface area contributed by atoms with E-state index in [4.69, 9.17) is 4.42 Å². The van der Waals surface area contributed by atoms with Crippen molar-refractivity contribution in [3.63, 3.8) is 0 Å². The third kappa shape index (κ3) is 2.51. The first-order chi connectivity index (χ1) is 14.1. The Bertz CT molecular complexity index is 1500. The molecule has 3 heterocycles. The number of fused-ring (bicyclic) bond motifs is 2. The first-order valence-electron chi connectivity index (χ1n) is 8.90. The standard InChI is InChI=1S/C22H14FN3O3/c1-25-16-6-3-2-5-15(16)19(27)18-21(25)24-20(17-7-4-12-29-17)26(22(18)28)14-10-8-13(23)9-11-14/h2-12H,1H3. The van der Waals surface area contributed by atoms with Crippen molar-refractivity contribution >= 4 is 21.9 Å². The Morgan fingerprint density at radius 2 is 1.72 bits per heavy atom. The molecule has 142 valence electrons. The summed E-state index contributed by atoms with van der Waals surface area (Å²) >= 11 is 0. The lowest BCUT2D eigenvalue weighted by atomic mass is 10.1. The van der Waals surface area contributed by atoms with Crippen LogP contribution in [0.1, 0.15) is 0 Å². The van der Waals surface area contributed by atoms with Gasteiger partial charge in [0, 0.05) is 12.4 Å². The molecule has 0 aliphatic rings. The molecule has 0 unspecified atom stereocenters. The van der Waals surface area contributed by atoms with Crippen LogP contribution < -0.4 is 11.0 Å². The summed E-state index contributed by atoms with van der Waals surface area (Å²) in [6.45, 7) is 0. The summed E-state index contributed by atoms with van der Waals surface area (Å²) in [7, 11) is 1.75. The van der Waals surface area contributed by atoms with Crippen LogP contribution in [0, 0.1) is 5.82 Å². The third-order valence-electron chi connectivity index (χ3n) is 4.95. The fourth-order valence-electron chi connectivity index (χ4n) is 3.56. The van der Waals surface area contributed by atoms with Crippen LogP contribution in [0.2, 0.25) is 0 Å². The van der Waals surface area contributed by atoms with E-state index in [0.717, 1.165) is 0 Å². The maximum absolute atomic E-state index is 13.5. The smallest absolute Gasteiger partial charge is 0.271 e. The van der Waals surface area contributed by atoms with E-state index in [2.05, 4.69) is 4.98 Å². The highest BCUT2D eigenvalue weighted by atomic mass is 19.1. The topological polar surface area (TPSA) is 70.0 Å². The molecule has 2 aromatic carbocycles. The van der Waals surface area contributed by atoms with Gasteiger partial charge in [-0.3, -0.25) is 14.2 Å². The summed E-state index contributed by atoms with van der Waals surface area (Å²) in [5.74, 6) is 0.148. The van der Waals surface area contributed by atoms with Crippen molar-refractivity contribution in [3.05, 3.63) is 93.3 Å². The molecule has 0 bridgehead atoms. The highest BCUT2D eigenvalue weighted by Gasteiger charge is 2.21. The maximum Gasteiger partial charge on any atom is 0.271 e. The van der Waals surface area contributed by atoms with E-state index in [1.807, 2.05) is 6.07 Å². The molecule has 6 nitrogen and oxygen atoms in total. The van der Waals surface area contributed by atoms with E-state index in [9.17, 15) is 14.0 Å².